The fourth-order valence-corrected chi connectivity index (χ4v) is 2.72. The van der Waals surface area contributed by atoms with Crippen molar-refractivity contribution in [3.8, 4) is 0 Å². The molecule has 2 N–H and O–H groups in total. The highest BCUT2D eigenvalue weighted by atomic mass is 35.5. The highest BCUT2D eigenvalue weighted by Crippen LogP contribution is 2.32. The van der Waals surface area contributed by atoms with E-state index in [0.717, 1.165) is 25.7 Å². The van der Waals surface area contributed by atoms with Crippen LogP contribution in [0.15, 0.2) is 0 Å². The Morgan fingerprint density at radius 1 is 1.25 bits per heavy atom. The van der Waals surface area contributed by atoms with Crippen molar-refractivity contribution in [2.75, 3.05) is 40.5 Å². The lowest BCUT2D eigenvalue weighted by molar-refractivity contribution is -0.140. The lowest BCUT2D eigenvalue weighted by Crippen LogP contribution is -2.54. The Labute approximate surface area is 128 Å². The summed E-state index contributed by atoms with van der Waals surface area (Å²) in [5.74, 6) is 0.0776. The molecular formula is C14H29ClN2O3. The van der Waals surface area contributed by atoms with Crippen molar-refractivity contribution in [3.05, 3.63) is 0 Å². The molecule has 6 heteroatoms. The van der Waals surface area contributed by atoms with E-state index in [0.29, 0.717) is 26.3 Å². The monoisotopic (exact) mass is 308 g/mol. The van der Waals surface area contributed by atoms with Crippen molar-refractivity contribution in [2.24, 2.45) is 11.7 Å². The average Bonchev–Trinajstić information content (AvgIpc) is 2.38. The van der Waals surface area contributed by atoms with Gasteiger partial charge in [0.2, 0.25) is 5.91 Å². The first kappa shape index (κ1) is 19.6. The van der Waals surface area contributed by atoms with Crippen LogP contribution in [0.3, 0.4) is 0 Å². The molecule has 120 valence electrons. The van der Waals surface area contributed by atoms with E-state index < -0.39 is 0 Å². The highest BCUT2D eigenvalue weighted by Gasteiger charge is 2.39. The van der Waals surface area contributed by atoms with Crippen LogP contribution in [-0.2, 0) is 14.3 Å². The van der Waals surface area contributed by atoms with Crippen LogP contribution >= 0.6 is 12.4 Å². The maximum atomic E-state index is 12.7. The number of carbonyl (C=O) groups is 1. The first-order valence-electron chi connectivity index (χ1n) is 7.08. The molecule has 2 atom stereocenters. The molecule has 0 radical (unpaired) electrons. The largest absolute Gasteiger partial charge is 0.383 e. The van der Waals surface area contributed by atoms with Gasteiger partial charge in [-0.3, -0.25) is 4.79 Å². The van der Waals surface area contributed by atoms with Gasteiger partial charge in [0.25, 0.3) is 0 Å². The summed E-state index contributed by atoms with van der Waals surface area (Å²) in [6, 6.07) is 0. The normalized spacial score (nSPS) is 25.9. The minimum absolute atomic E-state index is 0. The van der Waals surface area contributed by atoms with Gasteiger partial charge >= 0.3 is 0 Å². The number of hydrogen-bond donors (Lipinski definition) is 1. The number of amides is 1. The third-order valence-corrected chi connectivity index (χ3v) is 3.99. The molecule has 0 heterocycles. The summed E-state index contributed by atoms with van der Waals surface area (Å²) in [7, 11) is 3.29. The molecule has 1 amide bonds. The van der Waals surface area contributed by atoms with Crippen LogP contribution in [0, 0.1) is 5.92 Å². The van der Waals surface area contributed by atoms with Crippen molar-refractivity contribution >= 4 is 18.3 Å². The van der Waals surface area contributed by atoms with Gasteiger partial charge in [-0.1, -0.05) is 12.8 Å². The average molecular weight is 309 g/mol. The minimum atomic E-state index is -0.381. The molecule has 1 aliphatic rings. The zero-order valence-corrected chi connectivity index (χ0v) is 13.7. The van der Waals surface area contributed by atoms with Crippen LogP contribution in [0.2, 0.25) is 0 Å². The molecule has 1 fully saturated rings. The predicted molar refractivity (Wildman–Crippen MR) is 82.1 cm³/mol. The number of nitrogens with zero attached hydrogens (tertiary/aromatic N) is 1. The molecule has 1 aliphatic carbocycles. The third-order valence-electron chi connectivity index (χ3n) is 3.99. The first-order valence-corrected chi connectivity index (χ1v) is 7.08. The second-order valence-corrected chi connectivity index (χ2v) is 5.62. The molecule has 0 saturated heterocycles. The van der Waals surface area contributed by atoms with Crippen LogP contribution in [0.4, 0.5) is 0 Å². The van der Waals surface area contributed by atoms with Gasteiger partial charge in [-0.25, -0.2) is 0 Å². The number of ether oxygens (including phenoxy) is 2. The zero-order chi connectivity index (χ0) is 14.3. The zero-order valence-electron chi connectivity index (χ0n) is 12.9. The first-order chi connectivity index (χ1) is 9.03. The molecule has 0 aromatic heterocycles. The maximum Gasteiger partial charge on any atom is 0.227 e. The van der Waals surface area contributed by atoms with Crippen LogP contribution in [0.5, 0.6) is 0 Å². The minimum Gasteiger partial charge on any atom is -0.383 e. The Bertz CT molecular complexity index is 280. The quantitative estimate of drug-likeness (QED) is 0.773. The molecule has 1 rings (SSSR count). The van der Waals surface area contributed by atoms with Gasteiger partial charge < -0.3 is 20.1 Å². The molecule has 0 aromatic carbocycles. The van der Waals surface area contributed by atoms with Crippen LogP contribution in [0.25, 0.3) is 0 Å². The molecule has 0 aliphatic heterocycles. The van der Waals surface area contributed by atoms with Crippen molar-refractivity contribution in [2.45, 2.75) is 38.1 Å². The number of rotatable bonds is 7. The van der Waals surface area contributed by atoms with Crippen molar-refractivity contribution in [1.82, 2.24) is 4.90 Å². The SMILES string of the molecule is COCCN(CCOC)C(=O)C1CCCCC1(C)N.Cl. The number of methoxy groups -OCH3 is 2. The van der Waals surface area contributed by atoms with Gasteiger partial charge in [0.15, 0.2) is 0 Å². The Morgan fingerprint density at radius 2 is 1.80 bits per heavy atom. The Balaban J connectivity index is 0.00000361. The van der Waals surface area contributed by atoms with Gasteiger partial charge in [0.05, 0.1) is 19.1 Å². The Hall–Kier alpha value is -0.360. The summed E-state index contributed by atoms with van der Waals surface area (Å²) in [6.07, 6.45) is 4.02. The Kier molecular flexibility index (Phi) is 9.38. The fourth-order valence-electron chi connectivity index (χ4n) is 2.72. The van der Waals surface area contributed by atoms with Crippen LogP contribution < -0.4 is 5.73 Å². The lowest BCUT2D eigenvalue weighted by Gasteiger charge is -2.40. The molecule has 1 saturated carbocycles. The smallest absolute Gasteiger partial charge is 0.227 e. The third kappa shape index (κ3) is 5.56. The second kappa shape index (κ2) is 9.55. The second-order valence-electron chi connectivity index (χ2n) is 5.62. The number of nitrogens with two attached hydrogens (primary N) is 1. The fraction of sp³-hybridized carbons (Fsp3) is 0.929. The molecule has 5 nitrogen and oxygen atoms in total. The van der Waals surface area contributed by atoms with E-state index in [-0.39, 0.29) is 29.8 Å². The van der Waals surface area contributed by atoms with Gasteiger partial charge in [-0.2, -0.15) is 0 Å². The molecule has 0 spiro atoms. The molecule has 0 bridgehead atoms. The van der Waals surface area contributed by atoms with E-state index in [9.17, 15) is 4.79 Å². The van der Waals surface area contributed by atoms with E-state index in [2.05, 4.69) is 0 Å². The number of hydrogen-bond acceptors (Lipinski definition) is 4. The van der Waals surface area contributed by atoms with E-state index in [4.69, 9.17) is 15.2 Å². The molecular weight excluding hydrogens is 280 g/mol. The van der Waals surface area contributed by atoms with Gasteiger partial charge in [-0.15, -0.1) is 12.4 Å². The van der Waals surface area contributed by atoms with Crippen LogP contribution in [-0.4, -0.2) is 56.9 Å². The highest BCUT2D eigenvalue weighted by molar-refractivity contribution is 5.85. The van der Waals surface area contributed by atoms with Gasteiger partial charge in [0.1, 0.15) is 0 Å². The topological polar surface area (TPSA) is 64.8 Å². The molecule has 0 aromatic rings. The molecule has 20 heavy (non-hydrogen) atoms. The summed E-state index contributed by atoms with van der Waals surface area (Å²) in [6.45, 7) is 4.29. The summed E-state index contributed by atoms with van der Waals surface area (Å²) in [4.78, 5) is 14.5. The summed E-state index contributed by atoms with van der Waals surface area (Å²) in [5.41, 5.74) is 5.93. The summed E-state index contributed by atoms with van der Waals surface area (Å²) >= 11 is 0. The van der Waals surface area contributed by atoms with Crippen molar-refractivity contribution in [3.63, 3.8) is 0 Å². The number of halogens is 1. The van der Waals surface area contributed by atoms with E-state index >= 15 is 0 Å². The summed E-state index contributed by atoms with van der Waals surface area (Å²) < 4.78 is 10.2. The van der Waals surface area contributed by atoms with Crippen molar-refractivity contribution in [1.29, 1.82) is 0 Å². The standard InChI is InChI=1S/C14H28N2O3.ClH/c1-14(15)7-5-4-6-12(14)13(17)16(8-10-18-2)9-11-19-3;/h12H,4-11,15H2,1-3H3;1H. The molecule has 2 unspecified atom stereocenters. The Morgan fingerprint density at radius 3 is 2.25 bits per heavy atom. The van der Waals surface area contributed by atoms with Crippen molar-refractivity contribution < 1.29 is 14.3 Å². The van der Waals surface area contributed by atoms with E-state index in [1.807, 2.05) is 11.8 Å². The van der Waals surface area contributed by atoms with E-state index in [1.165, 1.54) is 0 Å². The predicted octanol–water partition coefficient (Wildman–Crippen LogP) is 1.44. The summed E-state index contributed by atoms with van der Waals surface area (Å²) in [5, 5.41) is 0. The van der Waals surface area contributed by atoms with Gasteiger partial charge in [0, 0.05) is 32.8 Å². The lowest BCUT2D eigenvalue weighted by atomic mass is 9.74. The van der Waals surface area contributed by atoms with Gasteiger partial charge in [-0.05, 0) is 19.8 Å². The maximum absolute atomic E-state index is 12.7. The van der Waals surface area contributed by atoms with Crippen LogP contribution in [0.1, 0.15) is 32.6 Å². The number of carbonyl (C=O) groups excluding carboxylic acids is 1. The van der Waals surface area contributed by atoms with E-state index in [1.54, 1.807) is 14.2 Å².